The molecule has 136 valence electrons. The van der Waals surface area contributed by atoms with Gasteiger partial charge in [0.15, 0.2) is 5.78 Å². The predicted molar refractivity (Wildman–Crippen MR) is 104 cm³/mol. The highest BCUT2D eigenvalue weighted by Gasteiger charge is 2.33. The molecule has 3 heteroatoms. The Morgan fingerprint density at radius 2 is 1.85 bits per heavy atom. The largest absolute Gasteiger partial charge is 0.497 e. The van der Waals surface area contributed by atoms with E-state index in [0.717, 1.165) is 43.8 Å². The molecule has 1 atom stereocenters. The van der Waals surface area contributed by atoms with Gasteiger partial charge in [0.2, 0.25) is 0 Å². The van der Waals surface area contributed by atoms with Gasteiger partial charge in [0, 0.05) is 18.0 Å². The molecule has 0 spiro atoms. The lowest BCUT2D eigenvalue weighted by Gasteiger charge is -2.32. The summed E-state index contributed by atoms with van der Waals surface area (Å²) in [7, 11) is 1.68. The van der Waals surface area contributed by atoms with Crippen molar-refractivity contribution in [2.45, 2.75) is 32.2 Å². The number of fused-ring (bicyclic) bond motifs is 1. The van der Waals surface area contributed by atoms with Gasteiger partial charge < -0.3 is 4.74 Å². The number of rotatable bonds is 5. The van der Waals surface area contributed by atoms with E-state index in [4.69, 9.17) is 4.74 Å². The first kappa shape index (κ1) is 17.3. The molecule has 26 heavy (non-hydrogen) atoms. The molecule has 0 amide bonds. The van der Waals surface area contributed by atoms with E-state index in [1.54, 1.807) is 7.11 Å². The van der Waals surface area contributed by atoms with Crippen molar-refractivity contribution in [3.05, 3.63) is 65.2 Å². The number of piperidine rings is 1. The zero-order valence-corrected chi connectivity index (χ0v) is 15.5. The first-order valence-electron chi connectivity index (χ1n) is 9.70. The smallest absolute Gasteiger partial charge is 0.166 e. The normalized spacial score (nSPS) is 21.0. The summed E-state index contributed by atoms with van der Waals surface area (Å²) in [6, 6.07) is 16.6. The zero-order chi connectivity index (χ0) is 17.9. The number of ketones is 1. The lowest BCUT2D eigenvalue weighted by Crippen LogP contribution is -2.34. The lowest BCUT2D eigenvalue weighted by molar-refractivity contribution is 0.0896. The minimum atomic E-state index is 0.169. The van der Waals surface area contributed by atoms with Gasteiger partial charge in [-0.05, 0) is 74.0 Å². The Morgan fingerprint density at radius 3 is 2.58 bits per heavy atom. The van der Waals surface area contributed by atoms with Crippen LogP contribution in [0.4, 0.5) is 0 Å². The molecule has 0 bridgehead atoms. The van der Waals surface area contributed by atoms with E-state index in [9.17, 15) is 4.79 Å². The first-order chi connectivity index (χ1) is 12.7. The van der Waals surface area contributed by atoms with Crippen molar-refractivity contribution in [2.24, 2.45) is 11.8 Å². The van der Waals surface area contributed by atoms with Gasteiger partial charge in [-0.3, -0.25) is 9.69 Å². The number of carbonyl (C=O) groups excluding carboxylic acids is 1. The summed E-state index contributed by atoms with van der Waals surface area (Å²) in [5, 5.41) is 0. The van der Waals surface area contributed by atoms with Crippen LogP contribution < -0.4 is 4.74 Å². The second-order valence-corrected chi connectivity index (χ2v) is 7.73. The van der Waals surface area contributed by atoms with Crippen molar-refractivity contribution in [1.82, 2.24) is 4.90 Å². The average Bonchev–Trinajstić information content (AvgIpc) is 2.99. The SMILES string of the molecule is COc1ccc2c(c1)C[C@H](CC1CCN(Cc3ccccc3)CC1)C2=O. The Morgan fingerprint density at radius 1 is 1.08 bits per heavy atom. The molecule has 1 aliphatic carbocycles. The van der Waals surface area contributed by atoms with E-state index in [0.29, 0.717) is 11.7 Å². The molecule has 3 nitrogen and oxygen atoms in total. The van der Waals surface area contributed by atoms with Crippen LogP contribution in [0.25, 0.3) is 0 Å². The topological polar surface area (TPSA) is 29.5 Å². The van der Waals surface area contributed by atoms with Crippen LogP contribution in [0.3, 0.4) is 0 Å². The number of likely N-dealkylation sites (tertiary alicyclic amines) is 1. The molecule has 0 radical (unpaired) electrons. The van der Waals surface area contributed by atoms with Gasteiger partial charge in [-0.1, -0.05) is 30.3 Å². The van der Waals surface area contributed by atoms with Crippen LogP contribution in [-0.2, 0) is 13.0 Å². The molecule has 0 saturated carbocycles. The van der Waals surface area contributed by atoms with Gasteiger partial charge in [0.1, 0.15) is 5.75 Å². The van der Waals surface area contributed by atoms with Gasteiger partial charge >= 0.3 is 0 Å². The second-order valence-electron chi connectivity index (χ2n) is 7.73. The third kappa shape index (κ3) is 3.68. The number of ether oxygens (including phenoxy) is 1. The summed E-state index contributed by atoms with van der Waals surface area (Å²) in [6.07, 6.45) is 4.33. The van der Waals surface area contributed by atoms with Gasteiger partial charge in [0.05, 0.1) is 7.11 Å². The van der Waals surface area contributed by atoms with Gasteiger partial charge in [0.25, 0.3) is 0 Å². The fraction of sp³-hybridized carbons (Fsp3) is 0.435. The molecular weight excluding hydrogens is 322 g/mol. The highest BCUT2D eigenvalue weighted by Crippen LogP contribution is 2.35. The maximum Gasteiger partial charge on any atom is 0.166 e. The fourth-order valence-electron chi connectivity index (χ4n) is 4.50. The monoisotopic (exact) mass is 349 g/mol. The molecule has 0 N–H and O–H groups in total. The summed E-state index contributed by atoms with van der Waals surface area (Å²) >= 11 is 0. The molecule has 2 aliphatic rings. The predicted octanol–water partition coefficient (Wildman–Crippen LogP) is 4.35. The van der Waals surface area contributed by atoms with E-state index >= 15 is 0 Å². The van der Waals surface area contributed by atoms with Gasteiger partial charge in [-0.15, -0.1) is 0 Å². The molecule has 1 fully saturated rings. The highest BCUT2D eigenvalue weighted by molar-refractivity contribution is 6.02. The van der Waals surface area contributed by atoms with Crippen LogP contribution >= 0.6 is 0 Å². The number of Topliss-reactive ketones (excluding diaryl/α,β-unsaturated/α-hetero) is 1. The third-order valence-electron chi connectivity index (χ3n) is 5.99. The number of hydrogen-bond donors (Lipinski definition) is 0. The maximum absolute atomic E-state index is 12.7. The molecule has 1 heterocycles. The quantitative estimate of drug-likeness (QED) is 0.803. The minimum Gasteiger partial charge on any atom is -0.497 e. The van der Waals surface area contributed by atoms with Crippen molar-refractivity contribution >= 4 is 5.78 Å². The zero-order valence-electron chi connectivity index (χ0n) is 15.5. The molecule has 2 aromatic carbocycles. The number of methoxy groups -OCH3 is 1. The van der Waals surface area contributed by atoms with Crippen molar-refractivity contribution in [3.63, 3.8) is 0 Å². The maximum atomic E-state index is 12.7. The van der Waals surface area contributed by atoms with Crippen LogP contribution in [0, 0.1) is 11.8 Å². The molecule has 2 aromatic rings. The Balaban J connectivity index is 1.30. The summed E-state index contributed by atoms with van der Waals surface area (Å²) in [4.78, 5) is 15.3. The minimum absolute atomic E-state index is 0.169. The third-order valence-corrected chi connectivity index (χ3v) is 5.99. The molecule has 1 saturated heterocycles. The van der Waals surface area contributed by atoms with Gasteiger partial charge in [-0.25, -0.2) is 0 Å². The second kappa shape index (κ2) is 7.63. The Kier molecular flexibility index (Phi) is 5.07. The van der Waals surface area contributed by atoms with E-state index in [1.165, 1.54) is 24.0 Å². The number of benzene rings is 2. The molecular formula is C23H27NO2. The molecule has 1 aliphatic heterocycles. The molecule has 0 aromatic heterocycles. The van der Waals surface area contributed by atoms with Crippen molar-refractivity contribution in [3.8, 4) is 5.75 Å². The number of hydrogen-bond acceptors (Lipinski definition) is 3. The number of nitrogens with zero attached hydrogens (tertiary/aromatic N) is 1. The lowest BCUT2D eigenvalue weighted by atomic mass is 9.85. The number of carbonyl (C=O) groups is 1. The average molecular weight is 349 g/mol. The van der Waals surface area contributed by atoms with Crippen LogP contribution in [0.2, 0.25) is 0 Å². The van der Waals surface area contributed by atoms with Crippen molar-refractivity contribution in [2.75, 3.05) is 20.2 Å². The Bertz CT molecular complexity index is 763. The summed E-state index contributed by atoms with van der Waals surface area (Å²) in [5.74, 6) is 2.04. The summed E-state index contributed by atoms with van der Waals surface area (Å²) in [5.41, 5.74) is 3.47. The highest BCUT2D eigenvalue weighted by atomic mass is 16.5. The van der Waals surface area contributed by atoms with E-state index in [2.05, 4.69) is 35.2 Å². The van der Waals surface area contributed by atoms with Crippen LogP contribution in [0.15, 0.2) is 48.5 Å². The fourth-order valence-corrected chi connectivity index (χ4v) is 4.50. The Labute approximate surface area is 156 Å². The summed E-state index contributed by atoms with van der Waals surface area (Å²) in [6.45, 7) is 3.32. The van der Waals surface area contributed by atoms with E-state index in [-0.39, 0.29) is 5.92 Å². The summed E-state index contributed by atoms with van der Waals surface area (Å²) < 4.78 is 5.30. The van der Waals surface area contributed by atoms with Crippen LogP contribution in [-0.4, -0.2) is 30.9 Å². The van der Waals surface area contributed by atoms with Crippen molar-refractivity contribution < 1.29 is 9.53 Å². The van der Waals surface area contributed by atoms with Gasteiger partial charge in [-0.2, -0.15) is 0 Å². The van der Waals surface area contributed by atoms with E-state index < -0.39 is 0 Å². The Hall–Kier alpha value is -2.13. The van der Waals surface area contributed by atoms with Crippen molar-refractivity contribution in [1.29, 1.82) is 0 Å². The molecule has 0 unspecified atom stereocenters. The first-order valence-corrected chi connectivity index (χ1v) is 9.70. The van der Waals surface area contributed by atoms with Crippen LogP contribution in [0.5, 0.6) is 5.75 Å². The molecule has 4 rings (SSSR count). The van der Waals surface area contributed by atoms with Crippen LogP contribution in [0.1, 0.15) is 40.7 Å². The van der Waals surface area contributed by atoms with E-state index in [1.807, 2.05) is 18.2 Å². The standard InChI is InChI=1S/C23H27NO2/c1-26-21-7-8-22-19(15-21)14-20(23(22)25)13-17-9-11-24(12-10-17)16-18-5-3-2-4-6-18/h2-8,15,17,20H,9-14,16H2,1H3/t20-/m0/s1.